The monoisotopic (exact) mass is 376 g/mol. The predicted molar refractivity (Wildman–Crippen MR) is 114 cm³/mol. The van der Waals surface area contributed by atoms with Gasteiger partial charge in [0.2, 0.25) is 0 Å². The van der Waals surface area contributed by atoms with Crippen LogP contribution in [0, 0.1) is 0 Å². The zero-order chi connectivity index (χ0) is 18.7. The van der Waals surface area contributed by atoms with E-state index in [1.165, 1.54) is 22.3 Å². The highest BCUT2D eigenvalue weighted by molar-refractivity contribution is 7.80. The summed E-state index contributed by atoms with van der Waals surface area (Å²) in [6, 6.07) is 28.8. The average Bonchev–Trinajstić information content (AvgIpc) is 2.73. The molecule has 0 aliphatic rings. The molecular weight excluding hydrogens is 352 g/mol. The van der Waals surface area contributed by atoms with Crippen LogP contribution in [0.3, 0.4) is 0 Å². The Bertz CT molecular complexity index is 820. The second-order valence-corrected chi connectivity index (χ2v) is 6.72. The van der Waals surface area contributed by atoms with Crippen LogP contribution in [0.2, 0.25) is 0 Å². The highest BCUT2D eigenvalue weighted by Gasteiger charge is 1.99. The minimum atomic E-state index is 0.611. The van der Waals surface area contributed by atoms with Crippen LogP contribution in [-0.4, -0.2) is 5.11 Å². The maximum atomic E-state index is 5.77. The van der Waals surface area contributed by atoms with E-state index in [9.17, 15) is 0 Å². The average molecular weight is 377 g/mol. The minimum absolute atomic E-state index is 0.611. The third kappa shape index (κ3) is 6.85. The molecule has 0 saturated heterocycles. The fraction of sp³-hybridized carbons (Fsp3) is 0.174. The van der Waals surface area contributed by atoms with Gasteiger partial charge in [-0.1, -0.05) is 84.9 Å². The summed E-state index contributed by atoms with van der Waals surface area (Å²) in [7, 11) is 0. The maximum absolute atomic E-state index is 5.77. The van der Waals surface area contributed by atoms with Gasteiger partial charge in [-0.2, -0.15) is 0 Å². The topological polar surface area (TPSA) is 33.3 Å². The quantitative estimate of drug-likeness (QED) is 0.564. The van der Waals surface area contributed by atoms with Crippen LogP contribution in [0.1, 0.15) is 22.3 Å². The first-order chi connectivity index (χ1) is 13.3. The van der Waals surface area contributed by atoms with Gasteiger partial charge >= 0.3 is 0 Å². The van der Waals surface area contributed by atoms with Gasteiger partial charge in [0, 0.05) is 13.1 Å². The maximum Gasteiger partial charge on any atom is 0.166 e. The molecule has 0 heterocycles. The molecule has 0 saturated carbocycles. The molecule has 0 spiro atoms. The van der Waals surface area contributed by atoms with Gasteiger partial charge < -0.3 is 15.4 Å². The third-order valence-corrected chi connectivity index (χ3v) is 4.44. The number of benzene rings is 3. The molecule has 0 unspecified atom stereocenters. The Morgan fingerprint density at radius 1 is 0.593 bits per heavy atom. The summed E-state index contributed by atoms with van der Waals surface area (Å²) in [5.41, 5.74) is 4.75. The summed E-state index contributed by atoms with van der Waals surface area (Å²) in [4.78, 5) is 0. The standard InChI is InChI=1S/C23H24N2OS/c27-23(24-15-19-7-3-1-4-8-19)25-16-20-11-13-22(14-12-20)18-26-17-21-9-5-2-6-10-21/h1-14H,15-18H2,(H2,24,25,27). The SMILES string of the molecule is S=C(NCc1ccccc1)NCc1ccc(COCc2ccccc2)cc1. The Balaban J connectivity index is 1.36. The van der Waals surface area contributed by atoms with Crippen molar-refractivity contribution in [3.63, 3.8) is 0 Å². The summed E-state index contributed by atoms with van der Waals surface area (Å²) < 4.78 is 5.77. The van der Waals surface area contributed by atoms with Crippen LogP contribution in [0.5, 0.6) is 0 Å². The van der Waals surface area contributed by atoms with Gasteiger partial charge in [0.25, 0.3) is 0 Å². The molecule has 0 atom stereocenters. The van der Waals surface area contributed by atoms with E-state index < -0.39 is 0 Å². The van der Waals surface area contributed by atoms with Crippen molar-refractivity contribution in [2.24, 2.45) is 0 Å². The Morgan fingerprint density at radius 2 is 1.00 bits per heavy atom. The number of ether oxygens (including phenoxy) is 1. The number of thiocarbonyl (C=S) groups is 1. The van der Waals surface area contributed by atoms with Crippen molar-refractivity contribution in [2.75, 3.05) is 0 Å². The number of nitrogens with one attached hydrogen (secondary N) is 2. The lowest BCUT2D eigenvalue weighted by molar-refractivity contribution is 0.107. The molecule has 3 aromatic carbocycles. The van der Waals surface area contributed by atoms with E-state index in [0.717, 1.165) is 6.54 Å². The third-order valence-electron chi connectivity index (χ3n) is 4.15. The molecule has 0 radical (unpaired) electrons. The molecule has 3 aromatic rings. The fourth-order valence-corrected chi connectivity index (χ4v) is 2.78. The van der Waals surface area contributed by atoms with Crippen molar-refractivity contribution in [3.8, 4) is 0 Å². The first-order valence-electron chi connectivity index (χ1n) is 9.05. The molecular formula is C23H24N2OS. The van der Waals surface area contributed by atoms with E-state index in [1.54, 1.807) is 0 Å². The Labute approximate surface area is 166 Å². The first kappa shape index (κ1) is 19.1. The van der Waals surface area contributed by atoms with E-state index in [2.05, 4.69) is 59.2 Å². The Hall–Kier alpha value is -2.69. The van der Waals surface area contributed by atoms with Gasteiger partial charge in [0.1, 0.15) is 0 Å². The van der Waals surface area contributed by atoms with Crippen LogP contribution in [0.25, 0.3) is 0 Å². The molecule has 0 aliphatic heterocycles. The first-order valence-corrected chi connectivity index (χ1v) is 9.45. The van der Waals surface area contributed by atoms with Crippen molar-refractivity contribution in [2.45, 2.75) is 26.3 Å². The lowest BCUT2D eigenvalue weighted by Gasteiger charge is -2.11. The summed E-state index contributed by atoms with van der Waals surface area (Å²) in [5.74, 6) is 0. The molecule has 0 bridgehead atoms. The molecule has 27 heavy (non-hydrogen) atoms. The van der Waals surface area contributed by atoms with Crippen molar-refractivity contribution >= 4 is 17.3 Å². The normalized spacial score (nSPS) is 10.4. The molecule has 0 fully saturated rings. The van der Waals surface area contributed by atoms with Crippen LogP contribution in [-0.2, 0) is 31.0 Å². The zero-order valence-electron chi connectivity index (χ0n) is 15.2. The molecule has 3 nitrogen and oxygen atoms in total. The second kappa shape index (κ2) is 10.5. The van der Waals surface area contributed by atoms with Crippen molar-refractivity contribution in [3.05, 3.63) is 107 Å². The van der Waals surface area contributed by atoms with Gasteiger partial charge in [-0.05, 0) is 34.5 Å². The zero-order valence-corrected chi connectivity index (χ0v) is 16.0. The van der Waals surface area contributed by atoms with Crippen LogP contribution in [0.4, 0.5) is 0 Å². The summed E-state index contributed by atoms with van der Waals surface area (Å²) >= 11 is 5.34. The lowest BCUT2D eigenvalue weighted by atomic mass is 10.1. The van der Waals surface area contributed by atoms with E-state index in [1.807, 2.05) is 36.4 Å². The minimum Gasteiger partial charge on any atom is -0.372 e. The largest absolute Gasteiger partial charge is 0.372 e. The lowest BCUT2D eigenvalue weighted by Crippen LogP contribution is -2.34. The van der Waals surface area contributed by atoms with E-state index >= 15 is 0 Å². The van der Waals surface area contributed by atoms with Crippen LogP contribution < -0.4 is 10.6 Å². The highest BCUT2D eigenvalue weighted by atomic mass is 32.1. The summed E-state index contributed by atoms with van der Waals surface area (Å²) in [5, 5.41) is 7.13. The van der Waals surface area contributed by atoms with E-state index in [4.69, 9.17) is 17.0 Å². The van der Waals surface area contributed by atoms with Gasteiger partial charge in [0.05, 0.1) is 13.2 Å². The molecule has 0 aliphatic carbocycles. The molecule has 4 heteroatoms. The summed E-state index contributed by atoms with van der Waals surface area (Å²) in [6.07, 6.45) is 0. The molecule has 2 N–H and O–H groups in total. The highest BCUT2D eigenvalue weighted by Crippen LogP contribution is 2.08. The van der Waals surface area contributed by atoms with Gasteiger partial charge in [0.15, 0.2) is 5.11 Å². The molecule has 0 amide bonds. The Morgan fingerprint density at radius 3 is 1.56 bits per heavy atom. The van der Waals surface area contributed by atoms with E-state index in [0.29, 0.717) is 24.9 Å². The number of rotatable bonds is 8. The Kier molecular flexibility index (Phi) is 7.39. The molecule has 0 aromatic heterocycles. The second-order valence-electron chi connectivity index (χ2n) is 6.32. The van der Waals surface area contributed by atoms with Crippen LogP contribution in [0.15, 0.2) is 84.9 Å². The van der Waals surface area contributed by atoms with Gasteiger partial charge in [-0.15, -0.1) is 0 Å². The summed E-state index contributed by atoms with van der Waals surface area (Å²) in [6.45, 7) is 2.67. The van der Waals surface area contributed by atoms with Crippen molar-refractivity contribution in [1.29, 1.82) is 0 Å². The van der Waals surface area contributed by atoms with Crippen LogP contribution >= 0.6 is 12.2 Å². The van der Waals surface area contributed by atoms with Crippen molar-refractivity contribution < 1.29 is 4.74 Å². The molecule has 3 rings (SSSR count). The number of hydrogen-bond acceptors (Lipinski definition) is 2. The van der Waals surface area contributed by atoms with Crippen molar-refractivity contribution in [1.82, 2.24) is 10.6 Å². The van der Waals surface area contributed by atoms with Gasteiger partial charge in [-0.3, -0.25) is 0 Å². The fourth-order valence-electron chi connectivity index (χ4n) is 2.64. The number of hydrogen-bond donors (Lipinski definition) is 2. The smallest absolute Gasteiger partial charge is 0.166 e. The van der Waals surface area contributed by atoms with Gasteiger partial charge in [-0.25, -0.2) is 0 Å². The van der Waals surface area contributed by atoms with E-state index in [-0.39, 0.29) is 0 Å². The molecule has 138 valence electrons. The predicted octanol–water partition coefficient (Wildman–Crippen LogP) is 4.57.